The highest BCUT2D eigenvalue weighted by Gasteiger charge is 2.13. The predicted octanol–water partition coefficient (Wildman–Crippen LogP) is 1.97. The molecule has 1 aromatic rings. The largest absolute Gasteiger partial charge is 0.508 e. The monoisotopic (exact) mass is 192 g/mol. The van der Waals surface area contributed by atoms with E-state index in [1.165, 1.54) is 31.2 Å². The lowest BCUT2D eigenvalue weighted by Crippen LogP contribution is -2.20. The first-order valence-corrected chi connectivity index (χ1v) is 3.80. The van der Waals surface area contributed by atoms with Crippen molar-refractivity contribution in [3.63, 3.8) is 0 Å². The van der Waals surface area contributed by atoms with Crippen LogP contribution in [-0.2, 0) is 4.79 Å². The molecule has 0 spiro atoms. The number of hydrogen-bond acceptors (Lipinski definition) is 3. The van der Waals surface area contributed by atoms with Crippen molar-refractivity contribution in [1.29, 1.82) is 0 Å². The topological polar surface area (TPSA) is 89.3 Å². The molecule has 0 aliphatic carbocycles. The van der Waals surface area contributed by atoms with Gasteiger partial charge in [0.1, 0.15) is 11.4 Å². The molecule has 0 heterocycles. The van der Waals surface area contributed by atoms with E-state index in [1.54, 1.807) is 0 Å². The van der Waals surface area contributed by atoms with Gasteiger partial charge in [0.25, 0.3) is 0 Å². The van der Waals surface area contributed by atoms with E-state index >= 15 is 0 Å². The molecule has 6 heteroatoms. The fourth-order valence-electron chi connectivity index (χ4n) is 0.930. The molecular weight excluding hydrogens is 184 g/mol. The Hall–Kier alpha value is -2.20. The molecule has 0 fully saturated rings. The summed E-state index contributed by atoms with van der Waals surface area (Å²) in [6.45, 7) is 1.28. The molecule has 1 amide bonds. The number of anilines is 1. The average Bonchev–Trinajstić information content (AvgIpc) is 2.15. The van der Waals surface area contributed by atoms with Crippen LogP contribution >= 0.6 is 0 Å². The second kappa shape index (κ2) is 4.15. The van der Waals surface area contributed by atoms with Crippen LogP contribution in [0, 0.1) is 0 Å². The van der Waals surface area contributed by atoms with Crippen LogP contribution in [0.4, 0.5) is 5.69 Å². The van der Waals surface area contributed by atoms with Crippen molar-refractivity contribution >= 4 is 11.6 Å². The first-order valence-electron chi connectivity index (χ1n) is 3.80. The van der Waals surface area contributed by atoms with Crippen LogP contribution in [-0.4, -0.2) is 11.0 Å². The number of benzene rings is 1. The zero-order valence-corrected chi connectivity index (χ0v) is 7.45. The molecule has 6 nitrogen and oxygen atoms in total. The third-order valence-corrected chi connectivity index (χ3v) is 1.52. The van der Waals surface area contributed by atoms with Gasteiger partial charge < -0.3 is 5.11 Å². The summed E-state index contributed by atoms with van der Waals surface area (Å²) in [5, 5.41) is 13.1. The van der Waals surface area contributed by atoms with Gasteiger partial charge in [-0.25, -0.2) is 4.79 Å². The lowest BCUT2D eigenvalue weighted by Gasteiger charge is -2.07. The van der Waals surface area contributed by atoms with Gasteiger partial charge >= 0.3 is 5.91 Å². The summed E-state index contributed by atoms with van der Waals surface area (Å²) in [7, 11) is 0. The zero-order chi connectivity index (χ0) is 10.6. The molecule has 1 rings (SSSR count). The van der Waals surface area contributed by atoms with Gasteiger partial charge in [0.2, 0.25) is 0 Å². The number of carbonyl (C=O) groups excluding carboxylic acids is 1. The summed E-state index contributed by atoms with van der Waals surface area (Å²) in [4.78, 5) is 13.5. The van der Waals surface area contributed by atoms with E-state index in [0.29, 0.717) is 5.69 Å². The van der Waals surface area contributed by atoms with E-state index in [9.17, 15) is 4.79 Å². The third-order valence-electron chi connectivity index (χ3n) is 1.52. The number of rotatable bonds is 2. The van der Waals surface area contributed by atoms with Crippen LogP contribution in [0.3, 0.4) is 0 Å². The maximum Gasteiger partial charge on any atom is 0.314 e. The van der Waals surface area contributed by atoms with Crippen LogP contribution in [0.5, 0.6) is 5.75 Å². The maximum absolute atomic E-state index is 11.0. The highest BCUT2D eigenvalue weighted by atomic mass is 16.3. The highest BCUT2D eigenvalue weighted by Crippen LogP contribution is 2.18. The molecule has 0 aliphatic heterocycles. The van der Waals surface area contributed by atoms with E-state index in [-0.39, 0.29) is 5.75 Å². The van der Waals surface area contributed by atoms with Gasteiger partial charge in [-0.15, -0.1) is 10.5 Å². The summed E-state index contributed by atoms with van der Waals surface area (Å²) < 4.78 is 0. The zero-order valence-electron chi connectivity index (χ0n) is 7.45. The van der Waals surface area contributed by atoms with Crippen molar-refractivity contribution in [2.45, 2.75) is 6.92 Å². The first kappa shape index (κ1) is 9.88. The van der Waals surface area contributed by atoms with Crippen molar-refractivity contribution < 1.29 is 9.90 Å². The lowest BCUT2D eigenvalue weighted by atomic mass is 10.3. The number of phenolic OH excluding ortho intramolecular Hbond substituents is 1. The molecule has 1 N–H and O–H groups in total. The SMILES string of the molecule is CC(=O)N(N=[N+]=[N-])c1ccc(O)cc1. The smallest absolute Gasteiger partial charge is 0.314 e. The van der Waals surface area contributed by atoms with Crippen LogP contribution < -0.4 is 5.01 Å². The van der Waals surface area contributed by atoms with E-state index < -0.39 is 5.91 Å². The standard InChI is InChI=1S/C8H8N4O2/c1-6(13)12(11-10-9)7-2-4-8(14)5-3-7/h2-5,14H,1H3. The van der Waals surface area contributed by atoms with Gasteiger partial charge in [-0.3, -0.25) is 0 Å². The fourth-order valence-corrected chi connectivity index (χ4v) is 0.930. The molecule has 0 saturated heterocycles. The fraction of sp³-hybridized carbons (Fsp3) is 0.125. The summed E-state index contributed by atoms with van der Waals surface area (Å²) >= 11 is 0. The molecule has 0 atom stereocenters. The van der Waals surface area contributed by atoms with E-state index in [2.05, 4.69) is 10.1 Å². The first-order chi connectivity index (χ1) is 6.65. The third kappa shape index (κ3) is 2.15. The Labute approximate surface area is 80.0 Å². The van der Waals surface area contributed by atoms with Gasteiger partial charge in [0.05, 0.1) is 0 Å². The summed E-state index contributed by atoms with van der Waals surface area (Å²) in [5.41, 5.74) is 8.63. The van der Waals surface area contributed by atoms with Crippen LogP contribution in [0.2, 0.25) is 0 Å². The van der Waals surface area contributed by atoms with Gasteiger partial charge in [-0.2, -0.15) is 4.91 Å². The molecule has 72 valence electrons. The number of nitrogens with zero attached hydrogens (tertiary/aromatic N) is 4. The van der Waals surface area contributed by atoms with Gasteiger partial charge in [-0.1, -0.05) is 0 Å². The molecule has 0 radical (unpaired) electrons. The molecule has 0 saturated carbocycles. The minimum Gasteiger partial charge on any atom is -0.508 e. The van der Waals surface area contributed by atoms with Gasteiger partial charge in [-0.05, 0) is 29.5 Å². The predicted molar refractivity (Wildman–Crippen MR) is 50.4 cm³/mol. The van der Waals surface area contributed by atoms with Crippen molar-refractivity contribution in [1.82, 2.24) is 0 Å². The number of amides is 1. The van der Waals surface area contributed by atoms with Gasteiger partial charge in [0, 0.05) is 6.92 Å². The van der Waals surface area contributed by atoms with Crippen LogP contribution in [0.1, 0.15) is 6.92 Å². The van der Waals surface area contributed by atoms with Crippen LogP contribution in [0.15, 0.2) is 29.5 Å². The number of phenols is 1. The highest BCUT2D eigenvalue weighted by molar-refractivity contribution is 5.90. The minimum atomic E-state index is -0.395. The van der Waals surface area contributed by atoms with E-state index in [0.717, 1.165) is 5.01 Å². The van der Waals surface area contributed by atoms with E-state index in [1.807, 2.05) is 0 Å². The van der Waals surface area contributed by atoms with Crippen LogP contribution in [0.25, 0.3) is 10.4 Å². The molecule has 0 unspecified atom stereocenters. The summed E-state index contributed by atoms with van der Waals surface area (Å²) in [6.07, 6.45) is 0. The number of hydrogen-bond donors (Lipinski definition) is 1. The molecular formula is C8H8N4O2. The Bertz CT molecular complexity index is 379. The molecule has 0 bridgehead atoms. The average molecular weight is 192 g/mol. The Kier molecular flexibility index (Phi) is 2.93. The Morgan fingerprint density at radius 3 is 2.50 bits per heavy atom. The molecule has 1 aromatic carbocycles. The van der Waals surface area contributed by atoms with Crippen molar-refractivity contribution in [3.8, 4) is 5.75 Å². The van der Waals surface area contributed by atoms with E-state index in [4.69, 9.17) is 10.6 Å². The maximum atomic E-state index is 11.0. The Morgan fingerprint density at radius 1 is 1.50 bits per heavy atom. The minimum absolute atomic E-state index is 0.0817. The summed E-state index contributed by atoms with van der Waals surface area (Å²) in [6, 6.07) is 5.76. The molecule has 0 aliphatic rings. The Balaban J connectivity index is 3.05. The number of azide groups is 1. The summed E-state index contributed by atoms with van der Waals surface area (Å²) in [5.74, 6) is -0.313. The second-order valence-corrected chi connectivity index (χ2v) is 2.53. The second-order valence-electron chi connectivity index (χ2n) is 2.53. The normalized spacial score (nSPS) is 8.93. The number of carbonyl (C=O) groups is 1. The van der Waals surface area contributed by atoms with Crippen molar-refractivity contribution in [2.75, 3.05) is 5.01 Å². The van der Waals surface area contributed by atoms with Crippen molar-refractivity contribution in [3.05, 3.63) is 34.7 Å². The number of aromatic hydroxyl groups is 1. The van der Waals surface area contributed by atoms with Gasteiger partial charge in [0.15, 0.2) is 0 Å². The molecule has 14 heavy (non-hydrogen) atoms. The molecule has 0 aromatic heterocycles. The lowest BCUT2D eigenvalue weighted by molar-refractivity contribution is -0.116. The Morgan fingerprint density at radius 2 is 2.07 bits per heavy atom. The quantitative estimate of drug-likeness (QED) is 0.336. The van der Waals surface area contributed by atoms with Crippen molar-refractivity contribution in [2.24, 2.45) is 5.22 Å².